The molecule has 1 aliphatic heterocycles. The van der Waals surface area contributed by atoms with Crippen molar-refractivity contribution < 1.29 is 4.74 Å². The van der Waals surface area contributed by atoms with Crippen LogP contribution < -0.4 is 5.32 Å². The molecule has 2 atom stereocenters. The van der Waals surface area contributed by atoms with Gasteiger partial charge in [0.1, 0.15) is 0 Å². The first-order valence-corrected chi connectivity index (χ1v) is 6.66. The second-order valence-corrected chi connectivity index (χ2v) is 5.32. The first kappa shape index (κ1) is 11.2. The molecule has 0 spiro atoms. The Labute approximate surface area is 102 Å². The summed E-state index contributed by atoms with van der Waals surface area (Å²) < 4.78 is 7.75. The molecule has 3 rings (SSSR count). The van der Waals surface area contributed by atoms with Gasteiger partial charge in [-0.1, -0.05) is 0 Å². The standard InChI is InChI=1S/C13H21N3O/c1-10(11-4-5-17-8-11)15-7-13-6-14-9-16(13)12-2-3-12/h6,9-12,15H,2-5,7-8H2,1H3. The molecule has 2 heterocycles. The molecule has 94 valence electrons. The van der Waals surface area contributed by atoms with Gasteiger partial charge in [-0.3, -0.25) is 0 Å². The number of imidazole rings is 1. The largest absolute Gasteiger partial charge is 0.381 e. The highest BCUT2D eigenvalue weighted by Gasteiger charge is 2.26. The predicted octanol–water partition coefficient (Wildman–Crippen LogP) is 1.73. The highest BCUT2D eigenvalue weighted by atomic mass is 16.5. The van der Waals surface area contributed by atoms with E-state index in [1.165, 1.54) is 25.0 Å². The fourth-order valence-corrected chi connectivity index (χ4v) is 2.53. The number of rotatable bonds is 5. The quantitative estimate of drug-likeness (QED) is 0.845. The van der Waals surface area contributed by atoms with Crippen molar-refractivity contribution in [2.24, 2.45) is 5.92 Å². The minimum atomic E-state index is 0.528. The molecule has 1 saturated carbocycles. The molecular weight excluding hydrogens is 214 g/mol. The fraction of sp³-hybridized carbons (Fsp3) is 0.769. The van der Waals surface area contributed by atoms with Crippen molar-refractivity contribution >= 4 is 0 Å². The number of hydrogen-bond donors (Lipinski definition) is 1. The lowest BCUT2D eigenvalue weighted by Crippen LogP contribution is -2.33. The molecule has 1 aromatic heterocycles. The summed E-state index contributed by atoms with van der Waals surface area (Å²) >= 11 is 0. The molecule has 0 amide bonds. The van der Waals surface area contributed by atoms with E-state index in [1.54, 1.807) is 0 Å². The van der Waals surface area contributed by atoms with Gasteiger partial charge in [0.2, 0.25) is 0 Å². The Morgan fingerprint density at radius 3 is 3.12 bits per heavy atom. The van der Waals surface area contributed by atoms with Crippen molar-refractivity contribution in [1.29, 1.82) is 0 Å². The van der Waals surface area contributed by atoms with E-state index in [2.05, 4.69) is 21.8 Å². The van der Waals surface area contributed by atoms with Crippen molar-refractivity contribution in [3.8, 4) is 0 Å². The summed E-state index contributed by atoms with van der Waals surface area (Å²) in [4.78, 5) is 4.26. The van der Waals surface area contributed by atoms with Gasteiger partial charge < -0.3 is 14.6 Å². The molecule has 4 nitrogen and oxygen atoms in total. The Hall–Kier alpha value is -0.870. The smallest absolute Gasteiger partial charge is 0.0951 e. The predicted molar refractivity (Wildman–Crippen MR) is 65.7 cm³/mol. The first-order chi connectivity index (χ1) is 8.34. The van der Waals surface area contributed by atoms with Gasteiger partial charge in [0.05, 0.1) is 18.6 Å². The summed E-state index contributed by atoms with van der Waals surface area (Å²) in [5, 5.41) is 3.61. The van der Waals surface area contributed by atoms with Crippen LogP contribution in [-0.2, 0) is 11.3 Å². The summed E-state index contributed by atoms with van der Waals surface area (Å²) in [5.74, 6) is 0.673. The summed E-state index contributed by atoms with van der Waals surface area (Å²) in [5.41, 5.74) is 1.32. The van der Waals surface area contributed by atoms with Gasteiger partial charge >= 0.3 is 0 Å². The third kappa shape index (κ3) is 2.53. The zero-order valence-corrected chi connectivity index (χ0v) is 10.4. The molecule has 1 saturated heterocycles. The molecule has 0 bridgehead atoms. The van der Waals surface area contributed by atoms with Gasteiger partial charge in [0, 0.05) is 31.4 Å². The molecule has 0 radical (unpaired) electrons. The maximum Gasteiger partial charge on any atom is 0.0951 e. The summed E-state index contributed by atoms with van der Waals surface area (Å²) in [6.07, 6.45) is 7.78. The topological polar surface area (TPSA) is 39.1 Å². The van der Waals surface area contributed by atoms with Gasteiger partial charge in [-0.15, -0.1) is 0 Å². The molecule has 1 aliphatic carbocycles. The lowest BCUT2D eigenvalue weighted by molar-refractivity contribution is 0.178. The summed E-state index contributed by atoms with van der Waals surface area (Å²) in [6, 6.07) is 1.25. The van der Waals surface area contributed by atoms with Crippen LogP contribution >= 0.6 is 0 Å². The minimum absolute atomic E-state index is 0.528. The van der Waals surface area contributed by atoms with Gasteiger partial charge in [0.15, 0.2) is 0 Å². The fourth-order valence-electron chi connectivity index (χ4n) is 2.53. The summed E-state index contributed by atoms with van der Waals surface area (Å²) in [7, 11) is 0. The van der Waals surface area contributed by atoms with Crippen molar-refractivity contribution in [1.82, 2.24) is 14.9 Å². The van der Waals surface area contributed by atoms with Crippen LogP contribution in [0, 0.1) is 5.92 Å². The van der Waals surface area contributed by atoms with Crippen LogP contribution in [0.1, 0.15) is 37.9 Å². The van der Waals surface area contributed by atoms with Crippen molar-refractivity contribution in [3.05, 3.63) is 18.2 Å². The minimum Gasteiger partial charge on any atom is -0.381 e. The Kier molecular flexibility index (Phi) is 3.16. The normalized spacial score (nSPS) is 26.3. The average molecular weight is 235 g/mol. The molecule has 2 unspecified atom stereocenters. The van der Waals surface area contributed by atoms with Crippen LogP contribution in [0.15, 0.2) is 12.5 Å². The Morgan fingerprint density at radius 2 is 2.41 bits per heavy atom. The third-order valence-corrected chi connectivity index (χ3v) is 3.96. The molecular formula is C13H21N3O. The van der Waals surface area contributed by atoms with Gasteiger partial charge in [-0.25, -0.2) is 4.98 Å². The number of aromatic nitrogens is 2. The third-order valence-electron chi connectivity index (χ3n) is 3.96. The van der Waals surface area contributed by atoms with Crippen LogP contribution in [0.5, 0.6) is 0 Å². The van der Waals surface area contributed by atoms with Crippen LogP contribution in [0.2, 0.25) is 0 Å². The second-order valence-electron chi connectivity index (χ2n) is 5.32. The lowest BCUT2D eigenvalue weighted by atomic mass is 10.0. The summed E-state index contributed by atoms with van der Waals surface area (Å²) in [6.45, 7) is 5.03. The molecule has 1 N–H and O–H groups in total. The van der Waals surface area contributed by atoms with E-state index in [4.69, 9.17) is 4.74 Å². The van der Waals surface area contributed by atoms with E-state index in [0.29, 0.717) is 12.0 Å². The molecule has 0 aromatic carbocycles. The highest BCUT2D eigenvalue weighted by molar-refractivity contribution is 5.03. The monoisotopic (exact) mass is 235 g/mol. The van der Waals surface area contributed by atoms with Crippen molar-refractivity contribution in [3.63, 3.8) is 0 Å². The zero-order chi connectivity index (χ0) is 11.7. The maximum atomic E-state index is 5.43. The van der Waals surface area contributed by atoms with Gasteiger partial charge in [0.25, 0.3) is 0 Å². The van der Waals surface area contributed by atoms with Crippen LogP contribution in [0.3, 0.4) is 0 Å². The zero-order valence-electron chi connectivity index (χ0n) is 10.4. The van der Waals surface area contributed by atoms with Gasteiger partial charge in [-0.2, -0.15) is 0 Å². The lowest BCUT2D eigenvalue weighted by Gasteiger charge is -2.19. The van der Waals surface area contributed by atoms with E-state index >= 15 is 0 Å². The number of hydrogen-bond acceptors (Lipinski definition) is 3. The first-order valence-electron chi connectivity index (χ1n) is 6.66. The van der Waals surface area contributed by atoms with E-state index in [9.17, 15) is 0 Å². The van der Waals surface area contributed by atoms with E-state index in [-0.39, 0.29) is 0 Å². The number of nitrogens with one attached hydrogen (secondary N) is 1. The van der Waals surface area contributed by atoms with E-state index in [0.717, 1.165) is 25.8 Å². The molecule has 2 aliphatic rings. The maximum absolute atomic E-state index is 5.43. The SMILES string of the molecule is CC(NCc1cncn1C1CC1)C1CCOC1. The molecule has 1 aromatic rings. The van der Waals surface area contributed by atoms with E-state index in [1.807, 2.05) is 12.5 Å². The molecule has 4 heteroatoms. The molecule has 17 heavy (non-hydrogen) atoms. The van der Waals surface area contributed by atoms with Crippen molar-refractivity contribution in [2.75, 3.05) is 13.2 Å². The number of ether oxygens (including phenoxy) is 1. The van der Waals surface area contributed by atoms with Crippen LogP contribution in [-0.4, -0.2) is 28.8 Å². The van der Waals surface area contributed by atoms with Crippen LogP contribution in [0.4, 0.5) is 0 Å². The van der Waals surface area contributed by atoms with E-state index < -0.39 is 0 Å². The highest BCUT2D eigenvalue weighted by Crippen LogP contribution is 2.35. The average Bonchev–Trinajstić information content (AvgIpc) is 2.87. The molecule has 2 fully saturated rings. The number of nitrogens with zero attached hydrogens (tertiary/aromatic N) is 2. The Bertz CT molecular complexity index is 366. The van der Waals surface area contributed by atoms with Crippen LogP contribution in [0.25, 0.3) is 0 Å². The van der Waals surface area contributed by atoms with Crippen molar-refractivity contribution in [2.45, 2.75) is 44.8 Å². The Morgan fingerprint density at radius 1 is 1.53 bits per heavy atom. The Balaban J connectivity index is 1.54. The second kappa shape index (κ2) is 4.78. The van der Waals surface area contributed by atoms with Gasteiger partial charge in [-0.05, 0) is 32.1 Å².